The zero-order chi connectivity index (χ0) is 16.2. The molecule has 1 saturated heterocycles. The SMILES string of the molecule is Cc1ccc(NC(=O)CSc2n[nH]c([C@@H]3CCCO3)n2)c(C)c1. The lowest BCUT2D eigenvalue weighted by atomic mass is 10.1. The fourth-order valence-corrected chi connectivity index (χ4v) is 3.14. The summed E-state index contributed by atoms with van der Waals surface area (Å²) < 4.78 is 5.56. The molecule has 0 bridgehead atoms. The highest BCUT2D eigenvalue weighted by Gasteiger charge is 2.21. The molecule has 0 saturated carbocycles. The van der Waals surface area contributed by atoms with Gasteiger partial charge in [0.2, 0.25) is 11.1 Å². The van der Waals surface area contributed by atoms with E-state index in [1.54, 1.807) is 0 Å². The molecular formula is C16H20N4O2S. The van der Waals surface area contributed by atoms with E-state index in [2.05, 4.69) is 20.5 Å². The van der Waals surface area contributed by atoms with Gasteiger partial charge in [0, 0.05) is 12.3 Å². The summed E-state index contributed by atoms with van der Waals surface area (Å²) in [5.41, 5.74) is 3.08. The summed E-state index contributed by atoms with van der Waals surface area (Å²) >= 11 is 1.32. The average Bonchev–Trinajstić information content (AvgIpc) is 3.18. The molecule has 0 radical (unpaired) electrons. The van der Waals surface area contributed by atoms with Crippen molar-refractivity contribution in [3.05, 3.63) is 35.2 Å². The maximum atomic E-state index is 12.1. The van der Waals surface area contributed by atoms with E-state index in [1.165, 1.54) is 17.3 Å². The molecule has 0 spiro atoms. The van der Waals surface area contributed by atoms with Crippen LogP contribution in [0.2, 0.25) is 0 Å². The summed E-state index contributed by atoms with van der Waals surface area (Å²) in [6.45, 7) is 4.79. The molecule has 2 N–H and O–H groups in total. The minimum Gasteiger partial charge on any atom is -0.370 e. The zero-order valence-corrected chi connectivity index (χ0v) is 14.1. The van der Waals surface area contributed by atoms with Gasteiger partial charge in [0.1, 0.15) is 6.10 Å². The Morgan fingerprint density at radius 1 is 1.48 bits per heavy atom. The largest absolute Gasteiger partial charge is 0.370 e. The molecule has 2 heterocycles. The van der Waals surface area contributed by atoms with Crippen LogP contribution in [0.4, 0.5) is 5.69 Å². The first kappa shape index (κ1) is 16.0. The van der Waals surface area contributed by atoms with Gasteiger partial charge in [-0.1, -0.05) is 29.5 Å². The van der Waals surface area contributed by atoms with Gasteiger partial charge < -0.3 is 10.1 Å². The molecule has 3 rings (SSSR count). The molecule has 0 unspecified atom stereocenters. The number of benzene rings is 1. The highest BCUT2D eigenvalue weighted by Crippen LogP contribution is 2.27. The molecular weight excluding hydrogens is 312 g/mol. The lowest BCUT2D eigenvalue weighted by Gasteiger charge is -2.08. The van der Waals surface area contributed by atoms with Crippen molar-refractivity contribution in [2.24, 2.45) is 0 Å². The molecule has 1 atom stereocenters. The second kappa shape index (κ2) is 7.14. The van der Waals surface area contributed by atoms with Crippen LogP contribution in [0.15, 0.2) is 23.4 Å². The van der Waals surface area contributed by atoms with Crippen LogP contribution in [-0.2, 0) is 9.53 Å². The number of hydrogen-bond donors (Lipinski definition) is 2. The Hall–Kier alpha value is -1.86. The number of carbonyl (C=O) groups is 1. The number of aryl methyl sites for hydroxylation is 2. The third-order valence-electron chi connectivity index (χ3n) is 3.71. The van der Waals surface area contributed by atoms with E-state index < -0.39 is 0 Å². The summed E-state index contributed by atoms with van der Waals surface area (Å²) in [6.07, 6.45) is 2.03. The number of H-pyrrole nitrogens is 1. The van der Waals surface area contributed by atoms with E-state index >= 15 is 0 Å². The molecule has 122 valence electrons. The van der Waals surface area contributed by atoms with Crippen molar-refractivity contribution < 1.29 is 9.53 Å². The molecule has 1 aliphatic heterocycles. The second-order valence-electron chi connectivity index (χ2n) is 5.66. The minimum atomic E-state index is -0.0644. The van der Waals surface area contributed by atoms with Gasteiger partial charge in [0.25, 0.3) is 0 Å². The number of thioether (sulfide) groups is 1. The zero-order valence-electron chi connectivity index (χ0n) is 13.3. The third kappa shape index (κ3) is 4.11. The molecule has 1 aliphatic rings. The Balaban J connectivity index is 1.52. The second-order valence-corrected chi connectivity index (χ2v) is 6.60. The minimum absolute atomic E-state index is 0.0147. The fraction of sp³-hybridized carbons (Fsp3) is 0.438. The third-order valence-corrected chi connectivity index (χ3v) is 4.55. The number of carbonyl (C=O) groups excluding carboxylic acids is 1. The first-order valence-electron chi connectivity index (χ1n) is 7.65. The monoisotopic (exact) mass is 332 g/mol. The van der Waals surface area contributed by atoms with E-state index in [9.17, 15) is 4.79 Å². The van der Waals surface area contributed by atoms with Crippen LogP contribution in [-0.4, -0.2) is 33.4 Å². The number of nitrogens with one attached hydrogen (secondary N) is 2. The number of hydrogen-bond acceptors (Lipinski definition) is 5. The summed E-state index contributed by atoms with van der Waals surface area (Å²) in [6, 6.07) is 5.96. The van der Waals surface area contributed by atoms with Crippen molar-refractivity contribution >= 4 is 23.4 Å². The summed E-state index contributed by atoms with van der Waals surface area (Å²) in [5.74, 6) is 0.959. The van der Waals surface area contributed by atoms with Crippen LogP contribution in [0.25, 0.3) is 0 Å². The van der Waals surface area contributed by atoms with Crippen molar-refractivity contribution in [1.29, 1.82) is 0 Å². The van der Waals surface area contributed by atoms with Crippen molar-refractivity contribution in [3.8, 4) is 0 Å². The normalized spacial score (nSPS) is 17.4. The van der Waals surface area contributed by atoms with Gasteiger partial charge in [-0.15, -0.1) is 5.10 Å². The Morgan fingerprint density at radius 2 is 2.35 bits per heavy atom. The van der Waals surface area contributed by atoms with Crippen LogP contribution in [0.5, 0.6) is 0 Å². The van der Waals surface area contributed by atoms with Gasteiger partial charge in [-0.25, -0.2) is 4.98 Å². The van der Waals surface area contributed by atoms with Gasteiger partial charge in [0.15, 0.2) is 5.82 Å². The van der Waals surface area contributed by atoms with E-state index in [4.69, 9.17) is 4.74 Å². The van der Waals surface area contributed by atoms with Gasteiger partial charge in [-0.05, 0) is 38.3 Å². The standard InChI is InChI=1S/C16H20N4O2S/c1-10-5-6-12(11(2)8-10)17-14(21)9-23-16-18-15(19-20-16)13-4-3-7-22-13/h5-6,8,13H,3-4,7,9H2,1-2H3,(H,17,21)(H,18,19,20)/t13-/m0/s1. The summed E-state index contributed by atoms with van der Waals surface area (Å²) in [5, 5.41) is 10.5. The highest BCUT2D eigenvalue weighted by atomic mass is 32.2. The van der Waals surface area contributed by atoms with Crippen LogP contribution in [0.1, 0.15) is 35.9 Å². The number of aromatic nitrogens is 3. The van der Waals surface area contributed by atoms with E-state index in [1.807, 2.05) is 32.0 Å². The Kier molecular flexibility index (Phi) is 4.97. The van der Waals surface area contributed by atoms with Crippen molar-refractivity contribution in [3.63, 3.8) is 0 Å². The molecule has 1 aromatic carbocycles. The van der Waals surface area contributed by atoms with Crippen LogP contribution >= 0.6 is 11.8 Å². The predicted octanol–water partition coefficient (Wildman–Crippen LogP) is 3.00. The highest BCUT2D eigenvalue weighted by molar-refractivity contribution is 7.99. The Bertz CT molecular complexity index is 695. The van der Waals surface area contributed by atoms with Gasteiger partial charge in [-0.2, -0.15) is 0 Å². The smallest absolute Gasteiger partial charge is 0.234 e. The molecule has 7 heteroatoms. The lowest BCUT2D eigenvalue weighted by molar-refractivity contribution is -0.113. The molecule has 0 aliphatic carbocycles. The Labute approximate surface area is 139 Å². The fourth-order valence-electron chi connectivity index (χ4n) is 2.53. The predicted molar refractivity (Wildman–Crippen MR) is 89.6 cm³/mol. The molecule has 2 aromatic rings. The topological polar surface area (TPSA) is 79.9 Å². The number of aromatic amines is 1. The number of nitrogens with zero attached hydrogens (tertiary/aromatic N) is 2. The first-order valence-corrected chi connectivity index (χ1v) is 8.64. The maximum absolute atomic E-state index is 12.1. The lowest BCUT2D eigenvalue weighted by Crippen LogP contribution is -2.15. The molecule has 23 heavy (non-hydrogen) atoms. The van der Waals surface area contributed by atoms with Gasteiger partial charge in [0.05, 0.1) is 5.75 Å². The van der Waals surface area contributed by atoms with Crippen molar-refractivity contribution in [2.45, 2.75) is 37.9 Å². The number of rotatable bonds is 5. The van der Waals surface area contributed by atoms with Gasteiger partial charge in [-0.3, -0.25) is 9.89 Å². The van der Waals surface area contributed by atoms with Crippen LogP contribution in [0, 0.1) is 13.8 Å². The molecule has 6 nitrogen and oxygen atoms in total. The van der Waals surface area contributed by atoms with Crippen molar-refractivity contribution in [2.75, 3.05) is 17.7 Å². The first-order chi connectivity index (χ1) is 11.1. The number of ether oxygens (including phenoxy) is 1. The van der Waals surface area contributed by atoms with E-state index in [-0.39, 0.29) is 17.8 Å². The quantitative estimate of drug-likeness (QED) is 0.823. The van der Waals surface area contributed by atoms with E-state index in [0.717, 1.165) is 36.5 Å². The van der Waals surface area contributed by atoms with Crippen LogP contribution in [0.3, 0.4) is 0 Å². The summed E-state index contributed by atoms with van der Waals surface area (Å²) in [4.78, 5) is 16.5. The molecule has 1 aromatic heterocycles. The Morgan fingerprint density at radius 3 is 3.09 bits per heavy atom. The molecule has 1 amide bonds. The average molecular weight is 332 g/mol. The number of amides is 1. The maximum Gasteiger partial charge on any atom is 0.234 e. The summed E-state index contributed by atoms with van der Waals surface area (Å²) in [7, 11) is 0. The molecule has 1 fully saturated rings. The van der Waals surface area contributed by atoms with E-state index in [0.29, 0.717) is 5.16 Å². The number of anilines is 1. The van der Waals surface area contributed by atoms with Crippen LogP contribution < -0.4 is 5.32 Å². The van der Waals surface area contributed by atoms with Crippen molar-refractivity contribution in [1.82, 2.24) is 15.2 Å². The van der Waals surface area contributed by atoms with Gasteiger partial charge >= 0.3 is 0 Å².